The van der Waals surface area contributed by atoms with Crippen LogP contribution >= 0.6 is 0 Å². The molecule has 1 atom stereocenters. The molecule has 1 N–H and O–H groups in total. The lowest BCUT2D eigenvalue weighted by molar-refractivity contribution is -0.133. The molecular formula is C16H28N2O. The summed E-state index contributed by atoms with van der Waals surface area (Å²) in [6, 6.07) is 0. The summed E-state index contributed by atoms with van der Waals surface area (Å²) in [5.74, 6) is 1.00. The van der Waals surface area contributed by atoms with Gasteiger partial charge in [-0.1, -0.05) is 40.5 Å². The average molecular weight is 264 g/mol. The fourth-order valence-corrected chi connectivity index (χ4v) is 4.55. The van der Waals surface area contributed by atoms with Crippen LogP contribution in [0.2, 0.25) is 0 Å². The number of hydrogen-bond acceptors (Lipinski definition) is 2. The van der Waals surface area contributed by atoms with Crippen molar-refractivity contribution in [1.29, 1.82) is 0 Å². The largest absolute Gasteiger partial charge is 0.326 e. The minimum Gasteiger partial charge on any atom is -0.326 e. The molecule has 3 aliphatic rings. The Hall–Kier alpha value is -0.570. The summed E-state index contributed by atoms with van der Waals surface area (Å²) in [6.45, 7) is 12.4. The fourth-order valence-electron chi connectivity index (χ4n) is 4.55. The molecule has 3 fully saturated rings. The molecule has 3 nitrogen and oxygen atoms in total. The van der Waals surface area contributed by atoms with Crippen molar-refractivity contribution in [2.45, 2.75) is 72.0 Å². The summed E-state index contributed by atoms with van der Waals surface area (Å²) in [5.41, 5.74) is 0.513. The van der Waals surface area contributed by atoms with Crippen LogP contribution in [-0.4, -0.2) is 29.1 Å². The number of carbonyl (C=O) groups excluding carboxylic acids is 1. The summed E-state index contributed by atoms with van der Waals surface area (Å²) in [6.07, 6.45) is 4.66. The molecule has 19 heavy (non-hydrogen) atoms. The van der Waals surface area contributed by atoms with Crippen LogP contribution in [0.5, 0.6) is 0 Å². The normalized spacial score (nSPS) is 35.3. The first-order valence-electron chi connectivity index (χ1n) is 7.81. The first kappa shape index (κ1) is 13.4. The van der Waals surface area contributed by atoms with E-state index < -0.39 is 0 Å². The Kier molecular flexibility index (Phi) is 2.65. The van der Waals surface area contributed by atoms with E-state index in [0.29, 0.717) is 22.7 Å². The van der Waals surface area contributed by atoms with Crippen molar-refractivity contribution in [3.63, 3.8) is 0 Å². The molecule has 1 amide bonds. The molecule has 3 rings (SSSR count). The zero-order valence-electron chi connectivity index (χ0n) is 13.0. The first-order valence-corrected chi connectivity index (χ1v) is 7.81. The summed E-state index contributed by atoms with van der Waals surface area (Å²) < 4.78 is 0. The Morgan fingerprint density at radius 2 is 1.68 bits per heavy atom. The molecule has 3 heteroatoms. The molecule has 1 heterocycles. The van der Waals surface area contributed by atoms with E-state index in [1.807, 2.05) is 0 Å². The maximum absolute atomic E-state index is 12.8. The predicted octanol–water partition coefficient (Wildman–Crippen LogP) is 2.76. The third kappa shape index (κ3) is 1.63. The molecule has 0 bridgehead atoms. The van der Waals surface area contributed by atoms with E-state index in [1.165, 1.54) is 12.8 Å². The molecule has 1 aliphatic heterocycles. The lowest BCUT2D eigenvalue weighted by Gasteiger charge is -2.23. The average Bonchev–Trinajstić information content (AvgIpc) is 2.70. The van der Waals surface area contributed by atoms with Gasteiger partial charge < -0.3 is 4.90 Å². The third-order valence-electron chi connectivity index (χ3n) is 6.78. The number of carbonyl (C=O) groups is 1. The van der Waals surface area contributed by atoms with Crippen LogP contribution in [0.3, 0.4) is 0 Å². The summed E-state index contributed by atoms with van der Waals surface area (Å²) in [7, 11) is 0. The Morgan fingerprint density at radius 3 is 2.16 bits per heavy atom. The van der Waals surface area contributed by atoms with Gasteiger partial charge in [0.15, 0.2) is 0 Å². The maximum atomic E-state index is 12.8. The van der Waals surface area contributed by atoms with Gasteiger partial charge in [0.2, 0.25) is 5.91 Å². The lowest BCUT2D eigenvalue weighted by atomic mass is 9.98. The Balaban J connectivity index is 1.75. The van der Waals surface area contributed by atoms with Crippen LogP contribution < -0.4 is 5.32 Å². The second-order valence-corrected chi connectivity index (χ2v) is 8.06. The van der Waals surface area contributed by atoms with Gasteiger partial charge in [-0.3, -0.25) is 10.1 Å². The molecule has 2 aliphatic carbocycles. The highest BCUT2D eigenvalue weighted by Crippen LogP contribution is 2.68. The quantitative estimate of drug-likeness (QED) is 0.832. The second kappa shape index (κ2) is 3.75. The molecule has 1 saturated heterocycles. The van der Waals surface area contributed by atoms with E-state index >= 15 is 0 Å². The predicted molar refractivity (Wildman–Crippen MR) is 76.6 cm³/mol. The standard InChI is InChI=1S/C16H28N2O/c1-11-17-16(8-6-7-9-16)13(19)18(11)10-12-14(2,3)15(12,4)5/h11-12,17H,6-10H2,1-5H3. The number of rotatable bonds is 2. The molecule has 2 saturated carbocycles. The highest BCUT2D eigenvalue weighted by atomic mass is 16.2. The van der Waals surface area contributed by atoms with Gasteiger partial charge in [0.05, 0.1) is 11.7 Å². The second-order valence-electron chi connectivity index (χ2n) is 8.06. The van der Waals surface area contributed by atoms with Gasteiger partial charge in [0, 0.05) is 6.54 Å². The summed E-state index contributed by atoms with van der Waals surface area (Å²) in [4.78, 5) is 14.9. The summed E-state index contributed by atoms with van der Waals surface area (Å²) >= 11 is 0. The van der Waals surface area contributed by atoms with Gasteiger partial charge in [-0.15, -0.1) is 0 Å². The van der Waals surface area contributed by atoms with Gasteiger partial charge in [0.1, 0.15) is 0 Å². The van der Waals surface area contributed by atoms with Crippen molar-refractivity contribution in [3.8, 4) is 0 Å². The van der Waals surface area contributed by atoms with Crippen molar-refractivity contribution >= 4 is 5.91 Å². The highest BCUT2D eigenvalue weighted by Gasteiger charge is 2.66. The van der Waals surface area contributed by atoms with Crippen LogP contribution in [0.15, 0.2) is 0 Å². The Labute approximate surface area is 117 Å². The van der Waals surface area contributed by atoms with Crippen LogP contribution in [-0.2, 0) is 4.79 Å². The first-order chi connectivity index (χ1) is 8.72. The molecule has 0 aromatic rings. The lowest BCUT2D eigenvalue weighted by Crippen LogP contribution is -2.44. The molecule has 0 radical (unpaired) electrons. The van der Waals surface area contributed by atoms with Gasteiger partial charge in [-0.25, -0.2) is 0 Å². The van der Waals surface area contributed by atoms with Gasteiger partial charge in [-0.2, -0.15) is 0 Å². The van der Waals surface area contributed by atoms with Crippen molar-refractivity contribution in [2.75, 3.05) is 6.54 Å². The van der Waals surface area contributed by atoms with E-state index in [1.54, 1.807) is 0 Å². The van der Waals surface area contributed by atoms with Crippen LogP contribution in [0, 0.1) is 16.7 Å². The number of nitrogens with zero attached hydrogens (tertiary/aromatic N) is 1. The van der Waals surface area contributed by atoms with E-state index in [4.69, 9.17) is 0 Å². The molecule has 1 unspecified atom stereocenters. The van der Waals surface area contributed by atoms with Crippen LogP contribution in [0.25, 0.3) is 0 Å². The van der Waals surface area contributed by atoms with Crippen molar-refractivity contribution in [3.05, 3.63) is 0 Å². The van der Waals surface area contributed by atoms with Crippen molar-refractivity contribution in [1.82, 2.24) is 10.2 Å². The van der Waals surface area contributed by atoms with Gasteiger partial charge in [-0.05, 0) is 36.5 Å². The monoisotopic (exact) mass is 264 g/mol. The smallest absolute Gasteiger partial charge is 0.244 e. The van der Waals surface area contributed by atoms with Crippen LogP contribution in [0.1, 0.15) is 60.3 Å². The molecule has 0 aromatic heterocycles. The number of nitrogens with one attached hydrogen (secondary N) is 1. The van der Waals surface area contributed by atoms with Crippen molar-refractivity contribution in [2.24, 2.45) is 16.7 Å². The van der Waals surface area contributed by atoms with E-state index in [0.717, 1.165) is 19.4 Å². The third-order valence-corrected chi connectivity index (χ3v) is 6.78. The summed E-state index contributed by atoms with van der Waals surface area (Å²) in [5, 5.41) is 3.59. The van der Waals surface area contributed by atoms with E-state index in [9.17, 15) is 4.79 Å². The van der Waals surface area contributed by atoms with E-state index in [-0.39, 0.29) is 11.7 Å². The fraction of sp³-hybridized carbons (Fsp3) is 0.938. The zero-order chi connectivity index (χ0) is 14.1. The van der Waals surface area contributed by atoms with Gasteiger partial charge in [0.25, 0.3) is 0 Å². The maximum Gasteiger partial charge on any atom is 0.244 e. The molecule has 108 valence electrons. The zero-order valence-corrected chi connectivity index (χ0v) is 13.0. The number of hydrogen-bond donors (Lipinski definition) is 1. The Bertz CT molecular complexity index is 393. The molecular weight excluding hydrogens is 236 g/mol. The SMILES string of the molecule is CC1NC2(CCCC2)C(=O)N1CC1C(C)(C)C1(C)C. The molecule has 1 spiro atoms. The van der Waals surface area contributed by atoms with Gasteiger partial charge >= 0.3 is 0 Å². The van der Waals surface area contributed by atoms with Crippen molar-refractivity contribution < 1.29 is 4.79 Å². The molecule has 0 aromatic carbocycles. The topological polar surface area (TPSA) is 32.3 Å². The van der Waals surface area contributed by atoms with E-state index in [2.05, 4.69) is 44.8 Å². The Morgan fingerprint density at radius 1 is 1.16 bits per heavy atom. The minimum absolute atomic E-state index is 0.206. The van der Waals surface area contributed by atoms with Crippen LogP contribution in [0.4, 0.5) is 0 Å². The highest BCUT2D eigenvalue weighted by molar-refractivity contribution is 5.89. The minimum atomic E-state index is -0.206. The number of amides is 1.